The van der Waals surface area contributed by atoms with Crippen LogP contribution in [0.15, 0.2) is 42.5 Å². The lowest BCUT2D eigenvalue weighted by molar-refractivity contribution is 0.341. The summed E-state index contributed by atoms with van der Waals surface area (Å²) in [6.45, 7) is 3.15. The van der Waals surface area contributed by atoms with Gasteiger partial charge in [0.1, 0.15) is 11.6 Å². The highest BCUT2D eigenvalue weighted by Gasteiger charge is 2.14. The Morgan fingerprint density at radius 3 is 2.76 bits per heavy atom. The molecule has 0 saturated heterocycles. The summed E-state index contributed by atoms with van der Waals surface area (Å²) in [5.41, 5.74) is 9.85. The molecule has 0 fully saturated rings. The Hall–Kier alpha value is -2.33. The molecule has 0 bridgehead atoms. The molecule has 0 spiro atoms. The normalized spacial score (nSPS) is 11.0. The van der Waals surface area contributed by atoms with Gasteiger partial charge >= 0.3 is 0 Å². The van der Waals surface area contributed by atoms with Crippen LogP contribution in [-0.2, 0) is 13.6 Å². The van der Waals surface area contributed by atoms with Gasteiger partial charge in [-0.1, -0.05) is 18.2 Å². The lowest BCUT2D eigenvalue weighted by atomic mass is 10.2. The highest BCUT2D eigenvalue weighted by Crippen LogP contribution is 2.31. The van der Waals surface area contributed by atoms with Crippen LogP contribution < -0.4 is 10.5 Å². The van der Waals surface area contributed by atoms with Crippen molar-refractivity contribution in [2.45, 2.75) is 13.5 Å². The first-order valence-electron chi connectivity index (χ1n) is 7.12. The largest absolute Gasteiger partial charge is 0.493 e. The van der Waals surface area contributed by atoms with Crippen LogP contribution in [0.4, 0.5) is 0 Å². The van der Waals surface area contributed by atoms with Gasteiger partial charge in [-0.3, -0.25) is 0 Å². The van der Waals surface area contributed by atoms with E-state index >= 15 is 0 Å². The van der Waals surface area contributed by atoms with Gasteiger partial charge in [-0.15, -0.1) is 0 Å². The van der Waals surface area contributed by atoms with Crippen LogP contribution in [0.2, 0.25) is 0 Å². The molecule has 0 aliphatic rings. The number of nitrogens with two attached hydrogens (primary N) is 1. The van der Waals surface area contributed by atoms with Crippen LogP contribution in [-0.4, -0.2) is 16.2 Å². The zero-order valence-electron chi connectivity index (χ0n) is 12.3. The number of hydrogen-bond donors (Lipinski definition) is 1. The van der Waals surface area contributed by atoms with E-state index in [4.69, 9.17) is 15.5 Å². The fourth-order valence-corrected chi connectivity index (χ4v) is 2.55. The minimum absolute atomic E-state index is 0.525. The smallest absolute Gasteiger partial charge is 0.144 e. The molecule has 4 nitrogen and oxygen atoms in total. The minimum Gasteiger partial charge on any atom is -0.493 e. The SMILES string of the molecule is CCOc1ccccc1-c1nc2cc(CN)ccc2n1C. The van der Waals surface area contributed by atoms with E-state index in [1.54, 1.807) is 0 Å². The summed E-state index contributed by atoms with van der Waals surface area (Å²) in [5, 5.41) is 0. The van der Waals surface area contributed by atoms with Gasteiger partial charge < -0.3 is 15.0 Å². The molecule has 0 aliphatic heterocycles. The highest BCUT2D eigenvalue weighted by molar-refractivity contribution is 5.82. The van der Waals surface area contributed by atoms with Crippen molar-refractivity contribution in [1.29, 1.82) is 0 Å². The Kier molecular flexibility index (Phi) is 3.62. The molecule has 3 rings (SSSR count). The van der Waals surface area contributed by atoms with Gasteiger partial charge in [0.2, 0.25) is 0 Å². The Morgan fingerprint density at radius 2 is 2.00 bits per heavy atom. The number of para-hydroxylation sites is 1. The van der Waals surface area contributed by atoms with Crippen molar-refractivity contribution in [2.75, 3.05) is 6.61 Å². The molecule has 3 aromatic rings. The van der Waals surface area contributed by atoms with Crippen LogP contribution in [0, 0.1) is 0 Å². The van der Waals surface area contributed by atoms with Gasteiger partial charge in [0.25, 0.3) is 0 Å². The molecule has 0 radical (unpaired) electrons. The van der Waals surface area contributed by atoms with Gasteiger partial charge in [-0.2, -0.15) is 0 Å². The Morgan fingerprint density at radius 1 is 1.19 bits per heavy atom. The van der Waals surface area contributed by atoms with Crippen molar-refractivity contribution < 1.29 is 4.74 Å². The summed E-state index contributed by atoms with van der Waals surface area (Å²) in [6.07, 6.45) is 0. The molecule has 0 atom stereocenters. The molecule has 108 valence electrons. The highest BCUT2D eigenvalue weighted by atomic mass is 16.5. The molecule has 0 amide bonds. The van der Waals surface area contributed by atoms with Gasteiger partial charge in [-0.25, -0.2) is 4.98 Å². The van der Waals surface area contributed by atoms with E-state index in [1.165, 1.54) is 0 Å². The molecular weight excluding hydrogens is 262 g/mol. The summed E-state index contributed by atoms with van der Waals surface area (Å²) >= 11 is 0. The van der Waals surface area contributed by atoms with E-state index in [9.17, 15) is 0 Å². The van der Waals surface area contributed by atoms with Crippen LogP contribution >= 0.6 is 0 Å². The van der Waals surface area contributed by atoms with Crippen LogP contribution in [0.5, 0.6) is 5.75 Å². The Balaban J connectivity index is 2.19. The quantitative estimate of drug-likeness (QED) is 0.799. The number of aromatic nitrogens is 2. The molecule has 2 aromatic carbocycles. The second kappa shape index (κ2) is 5.58. The first-order valence-corrected chi connectivity index (χ1v) is 7.12. The summed E-state index contributed by atoms with van der Waals surface area (Å²) in [7, 11) is 2.02. The molecule has 4 heteroatoms. The van der Waals surface area contributed by atoms with Crippen LogP contribution in [0.3, 0.4) is 0 Å². The summed E-state index contributed by atoms with van der Waals surface area (Å²) in [4.78, 5) is 4.76. The summed E-state index contributed by atoms with van der Waals surface area (Å²) < 4.78 is 7.80. The van der Waals surface area contributed by atoms with Crippen molar-refractivity contribution in [1.82, 2.24) is 9.55 Å². The van der Waals surface area contributed by atoms with Crippen molar-refractivity contribution in [3.63, 3.8) is 0 Å². The zero-order valence-corrected chi connectivity index (χ0v) is 12.3. The first-order chi connectivity index (χ1) is 10.2. The minimum atomic E-state index is 0.525. The lowest BCUT2D eigenvalue weighted by Gasteiger charge is -2.09. The predicted molar refractivity (Wildman–Crippen MR) is 85.2 cm³/mol. The lowest BCUT2D eigenvalue weighted by Crippen LogP contribution is -1.98. The van der Waals surface area contributed by atoms with Crippen molar-refractivity contribution >= 4 is 11.0 Å². The number of aryl methyl sites for hydroxylation is 1. The molecule has 21 heavy (non-hydrogen) atoms. The average molecular weight is 281 g/mol. The molecule has 0 saturated carbocycles. The van der Waals surface area contributed by atoms with E-state index in [0.29, 0.717) is 13.2 Å². The maximum absolute atomic E-state index is 5.71. The number of imidazole rings is 1. The number of ether oxygens (including phenoxy) is 1. The molecule has 2 N–H and O–H groups in total. The summed E-state index contributed by atoms with van der Waals surface area (Å²) in [5.74, 6) is 1.76. The third-order valence-electron chi connectivity index (χ3n) is 3.61. The van der Waals surface area contributed by atoms with Crippen molar-refractivity contribution in [3.05, 3.63) is 48.0 Å². The van der Waals surface area contributed by atoms with Crippen LogP contribution in [0.1, 0.15) is 12.5 Å². The van der Waals surface area contributed by atoms with Gasteiger partial charge in [-0.05, 0) is 36.8 Å². The third kappa shape index (κ3) is 2.38. The molecule has 1 heterocycles. The number of benzene rings is 2. The molecule has 1 aromatic heterocycles. The fraction of sp³-hybridized carbons (Fsp3) is 0.235. The second-order valence-electron chi connectivity index (χ2n) is 4.95. The van der Waals surface area contributed by atoms with Crippen molar-refractivity contribution in [2.24, 2.45) is 12.8 Å². The second-order valence-corrected chi connectivity index (χ2v) is 4.95. The maximum Gasteiger partial charge on any atom is 0.144 e. The molecule has 0 unspecified atom stereocenters. The van der Waals surface area contributed by atoms with E-state index < -0.39 is 0 Å². The predicted octanol–water partition coefficient (Wildman–Crippen LogP) is 3.10. The fourth-order valence-electron chi connectivity index (χ4n) is 2.55. The number of hydrogen-bond acceptors (Lipinski definition) is 3. The van der Waals surface area contributed by atoms with Crippen LogP contribution in [0.25, 0.3) is 22.4 Å². The topological polar surface area (TPSA) is 53.1 Å². The third-order valence-corrected chi connectivity index (χ3v) is 3.61. The van der Waals surface area contributed by atoms with Crippen molar-refractivity contribution in [3.8, 4) is 17.1 Å². The van der Waals surface area contributed by atoms with Gasteiger partial charge in [0, 0.05) is 13.6 Å². The molecular formula is C17H19N3O. The van der Waals surface area contributed by atoms with Gasteiger partial charge in [0.15, 0.2) is 0 Å². The maximum atomic E-state index is 5.71. The van der Waals surface area contributed by atoms with E-state index in [2.05, 4.69) is 10.6 Å². The van der Waals surface area contributed by atoms with E-state index in [0.717, 1.165) is 33.7 Å². The number of fused-ring (bicyclic) bond motifs is 1. The first kappa shape index (κ1) is 13.6. The Labute approximate surface area is 124 Å². The Bertz CT molecular complexity index is 777. The summed E-state index contributed by atoms with van der Waals surface area (Å²) in [6, 6.07) is 14.1. The zero-order chi connectivity index (χ0) is 14.8. The van der Waals surface area contributed by atoms with E-state index in [1.807, 2.05) is 50.4 Å². The van der Waals surface area contributed by atoms with Gasteiger partial charge in [0.05, 0.1) is 23.2 Å². The standard InChI is InChI=1S/C17H19N3O/c1-3-21-16-7-5-4-6-13(16)17-19-14-10-12(11-18)8-9-15(14)20(17)2/h4-10H,3,11,18H2,1-2H3. The monoisotopic (exact) mass is 281 g/mol. The van der Waals surface area contributed by atoms with E-state index in [-0.39, 0.29) is 0 Å². The average Bonchev–Trinajstić information content (AvgIpc) is 2.84. The number of rotatable bonds is 4. The number of nitrogens with zero attached hydrogens (tertiary/aromatic N) is 2. The molecule has 0 aliphatic carbocycles.